The van der Waals surface area contributed by atoms with Gasteiger partial charge in [0.05, 0.1) is 0 Å². The van der Waals surface area contributed by atoms with Gasteiger partial charge in [-0.15, -0.1) is 0 Å². The summed E-state index contributed by atoms with van der Waals surface area (Å²) in [7, 11) is 1.90. The summed E-state index contributed by atoms with van der Waals surface area (Å²) in [6, 6.07) is 8.26. The number of anilines is 2. The zero-order valence-corrected chi connectivity index (χ0v) is 12.4. The number of aromatic amines is 1. The lowest BCUT2D eigenvalue weighted by Crippen LogP contribution is -2.03. The van der Waals surface area contributed by atoms with Crippen molar-refractivity contribution in [2.24, 2.45) is 0 Å². The Morgan fingerprint density at radius 2 is 1.86 bits per heavy atom. The lowest BCUT2D eigenvalue weighted by molar-refractivity contribution is 0.508. The van der Waals surface area contributed by atoms with Crippen LogP contribution in [-0.2, 0) is 6.54 Å². The second kappa shape index (κ2) is 5.77. The van der Waals surface area contributed by atoms with E-state index in [9.17, 15) is 8.78 Å². The molecule has 0 aliphatic carbocycles. The van der Waals surface area contributed by atoms with E-state index in [0.29, 0.717) is 11.3 Å². The van der Waals surface area contributed by atoms with Crippen LogP contribution in [0.25, 0.3) is 10.9 Å². The molecule has 1 aromatic heterocycles. The average Bonchev–Trinajstić information content (AvgIpc) is 2.88. The predicted octanol–water partition coefficient (Wildman–Crippen LogP) is 4.22. The molecule has 2 aromatic carbocycles. The van der Waals surface area contributed by atoms with Crippen LogP contribution in [0.15, 0.2) is 36.5 Å². The Labute approximate surface area is 127 Å². The first-order valence-corrected chi connectivity index (χ1v) is 7.06. The van der Waals surface area contributed by atoms with E-state index < -0.39 is 11.6 Å². The quantitative estimate of drug-likeness (QED) is 0.675. The van der Waals surface area contributed by atoms with Crippen LogP contribution in [0.5, 0.6) is 0 Å². The summed E-state index contributed by atoms with van der Waals surface area (Å²) >= 11 is 0. The van der Waals surface area contributed by atoms with Gasteiger partial charge in [0.1, 0.15) is 0 Å². The number of aryl methyl sites for hydroxylation is 1. The molecular weight excluding hydrogens is 284 g/mol. The Hall–Kier alpha value is -2.40. The predicted molar refractivity (Wildman–Crippen MR) is 85.4 cm³/mol. The van der Waals surface area contributed by atoms with Crippen molar-refractivity contribution in [2.45, 2.75) is 13.5 Å². The minimum Gasteiger partial charge on any atom is -0.361 e. The van der Waals surface area contributed by atoms with Gasteiger partial charge < -0.3 is 15.6 Å². The van der Waals surface area contributed by atoms with Crippen LogP contribution in [-0.4, -0.2) is 12.0 Å². The maximum atomic E-state index is 13.4. The van der Waals surface area contributed by atoms with Crippen LogP contribution in [0.4, 0.5) is 20.2 Å². The number of rotatable bonds is 4. The van der Waals surface area contributed by atoms with Gasteiger partial charge in [-0.2, -0.15) is 0 Å². The third kappa shape index (κ3) is 2.67. The molecule has 0 spiro atoms. The lowest BCUT2D eigenvalue weighted by Gasteiger charge is -2.10. The summed E-state index contributed by atoms with van der Waals surface area (Å²) in [4.78, 5) is 3.22. The van der Waals surface area contributed by atoms with Crippen LogP contribution in [0.2, 0.25) is 0 Å². The molecule has 3 aromatic rings. The standard InChI is InChI=1S/C17H17F2N3/c1-10-5-14(18)15(19)7-16(10)22-12-3-4-13-11(8-20-2)9-21-17(13)6-12/h3-7,9,20-22H,8H2,1-2H3. The molecule has 5 heteroatoms. The fourth-order valence-corrected chi connectivity index (χ4v) is 2.54. The number of hydrogen-bond donors (Lipinski definition) is 3. The van der Waals surface area contributed by atoms with Gasteiger partial charge >= 0.3 is 0 Å². The van der Waals surface area contributed by atoms with Gasteiger partial charge in [0, 0.05) is 41.1 Å². The second-order valence-electron chi connectivity index (χ2n) is 5.31. The molecule has 3 N–H and O–H groups in total. The van der Waals surface area contributed by atoms with E-state index in [0.717, 1.165) is 23.1 Å². The number of nitrogens with one attached hydrogen (secondary N) is 3. The molecule has 0 radical (unpaired) electrons. The van der Waals surface area contributed by atoms with Gasteiger partial charge in [-0.05, 0) is 43.3 Å². The van der Waals surface area contributed by atoms with Crippen molar-refractivity contribution < 1.29 is 8.78 Å². The molecule has 0 saturated carbocycles. The van der Waals surface area contributed by atoms with Crippen molar-refractivity contribution in [3.05, 3.63) is 59.3 Å². The van der Waals surface area contributed by atoms with Crippen molar-refractivity contribution >= 4 is 22.3 Å². The fraction of sp³-hybridized carbons (Fsp3) is 0.176. The van der Waals surface area contributed by atoms with Crippen LogP contribution in [0.1, 0.15) is 11.1 Å². The van der Waals surface area contributed by atoms with Gasteiger partial charge in [0.15, 0.2) is 11.6 Å². The number of H-pyrrole nitrogens is 1. The Morgan fingerprint density at radius 1 is 1.09 bits per heavy atom. The van der Waals surface area contributed by atoms with Crippen LogP contribution < -0.4 is 10.6 Å². The van der Waals surface area contributed by atoms with E-state index in [4.69, 9.17) is 0 Å². The maximum absolute atomic E-state index is 13.4. The molecule has 114 valence electrons. The number of halogens is 2. The molecule has 1 heterocycles. The van der Waals surface area contributed by atoms with Gasteiger partial charge in [0.2, 0.25) is 0 Å². The average molecular weight is 301 g/mol. The van der Waals surface area contributed by atoms with Crippen LogP contribution in [0.3, 0.4) is 0 Å². The third-order valence-electron chi connectivity index (χ3n) is 3.68. The molecule has 0 amide bonds. The highest BCUT2D eigenvalue weighted by atomic mass is 19.2. The van der Waals surface area contributed by atoms with Crippen LogP contribution >= 0.6 is 0 Å². The summed E-state index contributed by atoms with van der Waals surface area (Å²) in [5, 5.41) is 7.39. The molecule has 0 saturated heterocycles. The van der Waals surface area contributed by atoms with E-state index >= 15 is 0 Å². The number of fused-ring (bicyclic) bond motifs is 1. The lowest BCUT2D eigenvalue weighted by atomic mass is 10.1. The summed E-state index contributed by atoms with van der Waals surface area (Å²) in [6.07, 6.45) is 1.97. The highest BCUT2D eigenvalue weighted by molar-refractivity contribution is 5.87. The third-order valence-corrected chi connectivity index (χ3v) is 3.68. The molecule has 0 unspecified atom stereocenters. The van der Waals surface area contributed by atoms with E-state index in [-0.39, 0.29) is 0 Å². The molecule has 22 heavy (non-hydrogen) atoms. The molecular formula is C17H17F2N3. The molecule has 3 nitrogen and oxygen atoms in total. The highest BCUT2D eigenvalue weighted by Crippen LogP contribution is 2.27. The second-order valence-corrected chi connectivity index (χ2v) is 5.31. The Bertz CT molecular complexity index is 824. The van der Waals surface area contributed by atoms with E-state index in [1.165, 1.54) is 17.7 Å². The summed E-state index contributed by atoms with van der Waals surface area (Å²) in [6.45, 7) is 2.53. The smallest absolute Gasteiger partial charge is 0.160 e. The number of hydrogen-bond acceptors (Lipinski definition) is 2. The largest absolute Gasteiger partial charge is 0.361 e. The first-order valence-electron chi connectivity index (χ1n) is 7.06. The molecule has 0 bridgehead atoms. The van der Waals surface area contributed by atoms with Gasteiger partial charge in [-0.25, -0.2) is 8.78 Å². The van der Waals surface area contributed by atoms with Gasteiger partial charge in [-0.3, -0.25) is 0 Å². The zero-order valence-electron chi connectivity index (χ0n) is 12.4. The molecule has 0 fully saturated rings. The Morgan fingerprint density at radius 3 is 2.64 bits per heavy atom. The zero-order chi connectivity index (χ0) is 15.7. The van der Waals surface area contributed by atoms with E-state index in [1.807, 2.05) is 31.4 Å². The molecule has 0 aliphatic heterocycles. The maximum Gasteiger partial charge on any atom is 0.160 e. The summed E-state index contributed by atoms with van der Waals surface area (Å²) in [5.41, 5.74) is 4.21. The van der Waals surface area contributed by atoms with Crippen molar-refractivity contribution in [3.63, 3.8) is 0 Å². The van der Waals surface area contributed by atoms with Crippen molar-refractivity contribution in [3.8, 4) is 0 Å². The fourth-order valence-electron chi connectivity index (χ4n) is 2.54. The first kappa shape index (κ1) is 14.5. The minimum atomic E-state index is -0.856. The highest BCUT2D eigenvalue weighted by Gasteiger charge is 2.08. The first-order chi connectivity index (χ1) is 10.6. The molecule has 0 aliphatic rings. The Kier molecular flexibility index (Phi) is 3.81. The van der Waals surface area contributed by atoms with Crippen molar-refractivity contribution in [2.75, 3.05) is 12.4 Å². The van der Waals surface area contributed by atoms with Gasteiger partial charge in [-0.1, -0.05) is 6.07 Å². The minimum absolute atomic E-state index is 0.556. The Balaban J connectivity index is 1.93. The number of aromatic nitrogens is 1. The van der Waals surface area contributed by atoms with Crippen molar-refractivity contribution in [1.29, 1.82) is 0 Å². The molecule has 3 rings (SSSR count). The summed E-state index contributed by atoms with van der Waals surface area (Å²) in [5.74, 6) is -1.69. The van der Waals surface area contributed by atoms with Crippen molar-refractivity contribution in [1.82, 2.24) is 10.3 Å². The van der Waals surface area contributed by atoms with Crippen LogP contribution in [0, 0.1) is 18.6 Å². The van der Waals surface area contributed by atoms with E-state index in [1.54, 1.807) is 6.92 Å². The normalized spacial score (nSPS) is 11.1. The monoisotopic (exact) mass is 301 g/mol. The number of benzene rings is 2. The summed E-state index contributed by atoms with van der Waals surface area (Å²) < 4.78 is 26.5. The molecule has 0 atom stereocenters. The van der Waals surface area contributed by atoms with E-state index in [2.05, 4.69) is 15.6 Å². The van der Waals surface area contributed by atoms with Gasteiger partial charge in [0.25, 0.3) is 0 Å². The topological polar surface area (TPSA) is 39.9 Å². The SMILES string of the molecule is CNCc1c[nH]c2cc(Nc3cc(F)c(F)cc3C)ccc12.